The van der Waals surface area contributed by atoms with Crippen LogP contribution in [0.25, 0.3) is 5.13 Å². The van der Waals surface area contributed by atoms with Crippen LogP contribution in [0.4, 0.5) is 0 Å². The first-order chi connectivity index (χ1) is 14.3. The Labute approximate surface area is 185 Å². The summed E-state index contributed by atoms with van der Waals surface area (Å²) in [6, 6.07) is 7.43. The molecule has 0 radical (unpaired) electrons. The number of hydrogen-bond donors (Lipinski definition) is 0. The van der Waals surface area contributed by atoms with Gasteiger partial charge in [0.15, 0.2) is 0 Å². The molecule has 4 rings (SSSR count). The Kier molecular flexibility index (Phi) is 5.84. The van der Waals surface area contributed by atoms with Crippen LogP contribution in [-0.4, -0.2) is 38.7 Å². The Bertz CT molecular complexity index is 1070. The second-order valence-corrected chi connectivity index (χ2v) is 9.38. The molecule has 30 heavy (non-hydrogen) atoms. The molecule has 0 saturated carbocycles. The molecule has 0 bridgehead atoms. The lowest BCUT2D eigenvalue weighted by molar-refractivity contribution is -0.278. The van der Waals surface area contributed by atoms with Crippen LogP contribution in [0.2, 0.25) is 5.02 Å². The fourth-order valence-corrected chi connectivity index (χ4v) is 4.82. The van der Waals surface area contributed by atoms with Gasteiger partial charge in [-0.05, 0) is 61.7 Å². The van der Waals surface area contributed by atoms with Crippen molar-refractivity contribution < 1.29 is 9.90 Å². The first-order valence-corrected chi connectivity index (χ1v) is 11.3. The third-order valence-electron chi connectivity index (χ3n) is 5.66. The zero-order valence-electron chi connectivity index (χ0n) is 17.3. The molecule has 8 heteroatoms. The summed E-state index contributed by atoms with van der Waals surface area (Å²) in [5.41, 5.74) is 2.93. The van der Waals surface area contributed by atoms with Crippen molar-refractivity contribution in [2.45, 2.75) is 40.0 Å². The van der Waals surface area contributed by atoms with Crippen molar-refractivity contribution in [3.05, 3.63) is 56.7 Å². The fraction of sp³-hybridized carbons (Fsp3) is 0.409. The summed E-state index contributed by atoms with van der Waals surface area (Å²) in [6.07, 6.45) is 2.52. The molecule has 3 heterocycles. The van der Waals surface area contributed by atoms with Gasteiger partial charge >= 0.3 is 0 Å². The van der Waals surface area contributed by atoms with Gasteiger partial charge in [-0.3, -0.25) is 4.79 Å². The Balaban J connectivity index is 1.60. The van der Waals surface area contributed by atoms with Crippen molar-refractivity contribution in [3.63, 3.8) is 0 Å². The first kappa shape index (κ1) is 20.9. The van der Waals surface area contributed by atoms with Gasteiger partial charge < -0.3 is 10.0 Å². The molecule has 0 atom stereocenters. The minimum absolute atomic E-state index is 0.000801. The van der Waals surface area contributed by atoms with E-state index in [1.807, 2.05) is 43.0 Å². The van der Waals surface area contributed by atoms with Gasteiger partial charge in [-0.15, -0.1) is 0 Å². The number of piperidine rings is 1. The quantitative estimate of drug-likeness (QED) is 0.607. The van der Waals surface area contributed by atoms with E-state index >= 15 is 0 Å². The third kappa shape index (κ3) is 4.09. The number of thiazole rings is 1. The van der Waals surface area contributed by atoms with E-state index in [2.05, 4.69) is 17.0 Å². The van der Waals surface area contributed by atoms with Crippen molar-refractivity contribution in [2.75, 3.05) is 13.1 Å². The van der Waals surface area contributed by atoms with Gasteiger partial charge in [-0.2, -0.15) is 5.10 Å². The number of halogens is 1. The minimum atomic E-state index is -0.193. The van der Waals surface area contributed by atoms with Crippen LogP contribution >= 0.6 is 22.9 Å². The molecule has 1 aliphatic heterocycles. The summed E-state index contributed by atoms with van der Waals surface area (Å²) in [6.45, 7) is 7.40. The lowest BCUT2D eigenvalue weighted by atomic mass is 9.99. The molecule has 0 N–H and O–H groups in total. The topological polar surface area (TPSA) is 74.1 Å². The van der Waals surface area contributed by atoms with Crippen LogP contribution in [0.5, 0.6) is 5.88 Å². The van der Waals surface area contributed by atoms with Crippen LogP contribution < -0.4 is 5.11 Å². The number of rotatable bonds is 4. The number of benzene rings is 1. The molecule has 1 amide bonds. The van der Waals surface area contributed by atoms with Gasteiger partial charge in [0.1, 0.15) is 4.88 Å². The van der Waals surface area contributed by atoms with Gasteiger partial charge in [-0.1, -0.05) is 42.0 Å². The molecular weight excluding hydrogens is 420 g/mol. The molecule has 1 fully saturated rings. The number of amides is 1. The van der Waals surface area contributed by atoms with Gasteiger partial charge in [0.25, 0.3) is 5.91 Å². The van der Waals surface area contributed by atoms with E-state index in [0.29, 0.717) is 44.3 Å². The number of hydrogen-bond acceptors (Lipinski definition) is 5. The van der Waals surface area contributed by atoms with Crippen LogP contribution in [-0.2, 0) is 6.42 Å². The Morgan fingerprint density at radius 2 is 1.87 bits per heavy atom. The van der Waals surface area contributed by atoms with Crippen LogP contribution in [0.15, 0.2) is 24.3 Å². The van der Waals surface area contributed by atoms with Crippen LogP contribution in [0.3, 0.4) is 0 Å². The molecule has 1 aromatic carbocycles. The van der Waals surface area contributed by atoms with Crippen molar-refractivity contribution in [2.24, 2.45) is 5.92 Å². The maximum Gasteiger partial charge on any atom is 0.265 e. The highest BCUT2D eigenvalue weighted by atomic mass is 35.5. The van der Waals surface area contributed by atoms with E-state index in [-0.39, 0.29) is 11.8 Å². The molecule has 0 unspecified atom stereocenters. The minimum Gasteiger partial charge on any atom is -0.858 e. The Hall–Kier alpha value is -2.38. The summed E-state index contributed by atoms with van der Waals surface area (Å²) in [5.74, 6) is 0.462. The fourth-order valence-electron chi connectivity index (χ4n) is 3.70. The molecule has 6 nitrogen and oxygen atoms in total. The second-order valence-electron chi connectivity index (χ2n) is 7.97. The lowest BCUT2D eigenvalue weighted by Crippen LogP contribution is -2.37. The molecule has 0 spiro atoms. The summed E-state index contributed by atoms with van der Waals surface area (Å²) >= 11 is 7.19. The zero-order chi connectivity index (χ0) is 21.4. The molecule has 0 aliphatic carbocycles. The normalized spacial score (nSPS) is 15.0. The highest BCUT2D eigenvalue weighted by molar-refractivity contribution is 7.16. The highest BCUT2D eigenvalue weighted by Gasteiger charge is 2.26. The van der Waals surface area contributed by atoms with Crippen LogP contribution in [0.1, 0.15) is 52.0 Å². The SMILES string of the molecule is Cc1nc(-n2nc(C)c(Cc3ccc(Cl)cc3)c2[O-])sc1C(=O)N1CCC(C)CC1. The maximum atomic E-state index is 13.0. The van der Waals surface area contributed by atoms with Gasteiger partial charge in [-0.25, -0.2) is 9.67 Å². The summed E-state index contributed by atoms with van der Waals surface area (Å²) in [4.78, 5) is 20.0. The molecule has 158 valence electrons. The maximum absolute atomic E-state index is 13.0. The number of aryl methyl sites for hydroxylation is 2. The second kappa shape index (κ2) is 8.40. The van der Waals surface area contributed by atoms with E-state index in [1.165, 1.54) is 16.0 Å². The Morgan fingerprint density at radius 1 is 1.20 bits per heavy atom. The monoisotopic (exact) mass is 443 g/mol. The average molecular weight is 444 g/mol. The predicted molar refractivity (Wildman–Crippen MR) is 117 cm³/mol. The van der Waals surface area contributed by atoms with Crippen molar-refractivity contribution >= 4 is 28.8 Å². The predicted octanol–water partition coefficient (Wildman–Crippen LogP) is 4.14. The van der Waals surface area contributed by atoms with Gasteiger partial charge in [0, 0.05) is 24.5 Å². The summed E-state index contributed by atoms with van der Waals surface area (Å²) in [7, 11) is 0. The molecular formula is C22H24ClN4O2S-. The van der Waals surface area contributed by atoms with Gasteiger partial charge in [0.2, 0.25) is 5.13 Å². The Morgan fingerprint density at radius 3 is 2.53 bits per heavy atom. The number of carbonyl (C=O) groups excluding carboxylic acids is 1. The van der Waals surface area contributed by atoms with Crippen molar-refractivity contribution in [1.82, 2.24) is 19.7 Å². The number of likely N-dealkylation sites (tertiary alicyclic amines) is 1. The number of aromatic nitrogens is 3. The van der Waals surface area contributed by atoms with Gasteiger partial charge in [0.05, 0.1) is 11.4 Å². The molecule has 2 aromatic heterocycles. The summed E-state index contributed by atoms with van der Waals surface area (Å²) < 4.78 is 1.33. The smallest absolute Gasteiger partial charge is 0.265 e. The largest absolute Gasteiger partial charge is 0.858 e. The van der Waals surface area contributed by atoms with Crippen molar-refractivity contribution in [1.29, 1.82) is 0 Å². The third-order valence-corrected chi connectivity index (χ3v) is 7.04. The first-order valence-electron chi connectivity index (χ1n) is 10.1. The van der Waals surface area contributed by atoms with Crippen LogP contribution in [0, 0.1) is 19.8 Å². The zero-order valence-corrected chi connectivity index (χ0v) is 18.9. The average Bonchev–Trinajstić information content (AvgIpc) is 3.24. The summed E-state index contributed by atoms with van der Waals surface area (Å²) in [5, 5.41) is 18.6. The molecule has 3 aromatic rings. The molecule has 1 aliphatic rings. The van der Waals surface area contributed by atoms with E-state index in [4.69, 9.17) is 11.6 Å². The van der Waals surface area contributed by atoms with E-state index in [1.54, 1.807) is 0 Å². The number of nitrogens with zero attached hydrogens (tertiary/aromatic N) is 4. The molecule has 1 saturated heterocycles. The standard InChI is InChI=1S/C22H25ClN4O2S/c1-13-8-10-26(11-9-13)21(29)19-15(3)24-22(30-19)27-20(28)18(14(2)25-27)12-16-4-6-17(23)7-5-16/h4-7,13,28H,8-12H2,1-3H3/p-1. The lowest BCUT2D eigenvalue weighted by Gasteiger charge is -2.29. The highest BCUT2D eigenvalue weighted by Crippen LogP contribution is 2.30. The van der Waals surface area contributed by atoms with E-state index < -0.39 is 0 Å². The van der Waals surface area contributed by atoms with E-state index in [9.17, 15) is 9.90 Å². The van der Waals surface area contributed by atoms with E-state index in [0.717, 1.165) is 31.5 Å². The number of carbonyl (C=O) groups is 1. The van der Waals surface area contributed by atoms with Crippen molar-refractivity contribution in [3.8, 4) is 11.0 Å².